The van der Waals surface area contributed by atoms with Crippen molar-refractivity contribution in [3.05, 3.63) is 35.4 Å². The molecule has 1 aromatic carbocycles. The summed E-state index contributed by atoms with van der Waals surface area (Å²) in [5.74, 6) is -0.197. The molecule has 0 aromatic heterocycles. The van der Waals surface area contributed by atoms with Crippen LogP contribution < -0.4 is 11.1 Å². The van der Waals surface area contributed by atoms with Crippen LogP contribution in [0, 0.1) is 5.92 Å². The second-order valence-electron chi connectivity index (χ2n) is 5.39. The Labute approximate surface area is 115 Å². The number of alkyl halides is 3. The van der Waals surface area contributed by atoms with Crippen LogP contribution in [0.3, 0.4) is 0 Å². The van der Waals surface area contributed by atoms with E-state index in [0.29, 0.717) is 12.5 Å². The third-order valence-corrected chi connectivity index (χ3v) is 3.70. The number of amides is 1. The van der Waals surface area contributed by atoms with Gasteiger partial charge in [-0.3, -0.25) is 10.1 Å². The topological polar surface area (TPSA) is 55.1 Å². The van der Waals surface area contributed by atoms with Crippen LogP contribution in [-0.2, 0) is 16.5 Å². The summed E-state index contributed by atoms with van der Waals surface area (Å²) >= 11 is 0. The zero-order valence-electron chi connectivity index (χ0n) is 11.1. The minimum absolute atomic E-state index is 0.237. The number of nitrogens with one attached hydrogen (secondary N) is 1. The fraction of sp³-hybridized carbons (Fsp3) is 0.500. The number of benzene rings is 1. The number of carbonyl (C=O) groups excluding carboxylic acids is 1. The number of hydrogen-bond acceptors (Lipinski definition) is 2. The minimum Gasteiger partial charge on any atom is -0.368 e. The van der Waals surface area contributed by atoms with Crippen molar-refractivity contribution in [1.82, 2.24) is 5.32 Å². The second-order valence-corrected chi connectivity index (χ2v) is 5.39. The molecule has 0 radical (unpaired) electrons. The molecule has 0 spiro atoms. The predicted molar refractivity (Wildman–Crippen MR) is 68.7 cm³/mol. The lowest BCUT2D eigenvalue weighted by molar-refractivity contribution is -0.138. The van der Waals surface area contributed by atoms with Crippen LogP contribution in [0.15, 0.2) is 24.3 Å². The molecule has 1 saturated carbocycles. The first-order valence-corrected chi connectivity index (χ1v) is 6.46. The maximum atomic E-state index is 12.7. The van der Waals surface area contributed by atoms with E-state index in [9.17, 15) is 18.0 Å². The molecule has 1 aromatic rings. The van der Waals surface area contributed by atoms with Crippen molar-refractivity contribution in [3.63, 3.8) is 0 Å². The average molecular weight is 286 g/mol. The largest absolute Gasteiger partial charge is 0.416 e. The monoisotopic (exact) mass is 286 g/mol. The van der Waals surface area contributed by atoms with E-state index >= 15 is 0 Å². The van der Waals surface area contributed by atoms with Gasteiger partial charge in [0.2, 0.25) is 5.91 Å². The number of primary amides is 1. The fourth-order valence-corrected chi connectivity index (χ4v) is 2.01. The molecule has 1 aliphatic carbocycles. The van der Waals surface area contributed by atoms with Crippen LogP contribution in [0.1, 0.15) is 30.9 Å². The van der Waals surface area contributed by atoms with Crippen molar-refractivity contribution in [2.75, 3.05) is 6.54 Å². The van der Waals surface area contributed by atoms with E-state index in [1.807, 2.05) is 0 Å². The molecular formula is C14H17F3N2O. The first-order chi connectivity index (χ1) is 9.23. The Kier molecular flexibility index (Phi) is 3.77. The Morgan fingerprint density at radius 2 is 1.95 bits per heavy atom. The van der Waals surface area contributed by atoms with Gasteiger partial charge in [-0.15, -0.1) is 0 Å². The summed E-state index contributed by atoms with van der Waals surface area (Å²) in [5.41, 5.74) is 3.55. The number of nitrogens with two attached hydrogens (primary N) is 1. The van der Waals surface area contributed by atoms with Gasteiger partial charge < -0.3 is 5.73 Å². The third kappa shape index (κ3) is 3.12. The zero-order chi connectivity index (χ0) is 15.0. The maximum Gasteiger partial charge on any atom is 0.416 e. The molecular weight excluding hydrogens is 269 g/mol. The van der Waals surface area contributed by atoms with Crippen molar-refractivity contribution >= 4 is 5.91 Å². The van der Waals surface area contributed by atoms with E-state index in [2.05, 4.69) is 5.32 Å². The van der Waals surface area contributed by atoms with E-state index in [1.165, 1.54) is 19.1 Å². The molecule has 1 fully saturated rings. The van der Waals surface area contributed by atoms with E-state index < -0.39 is 23.2 Å². The number of halogens is 3. The minimum atomic E-state index is -4.44. The molecule has 1 atom stereocenters. The van der Waals surface area contributed by atoms with Crippen molar-refractivity contribution in [3.8, 4) is 0 Å². The van der Waals surface area contributed by atoms with Gasteiger partial charge in [0.15, 0.2) is 0 Å². The van der Waals surface area contributed by atoms with Crippen LogP contribution in [0.5, 0.6) is 0 Å². The molecule has 110 valence electrons. The summed E-state index contributed by atoms with van der Waals surface area (Å²) in [6.45, 7) is 2.10. The average Bonchev–Trinajstić information content (AvgIpc) is 3.19. The Morgan fingerprint density at radius 3 is 2.45 bits per heavy atom. The predicted octanol–water partition coefficient (Wildman–Crippen LogP) is 2.41. The molecule has 1 amide bonds. The Bertz CT molecular complexity index is 511. The normalized spacial score (nSPS) is 18.6. The van der Waals surface area contributed by atoms with Crippen molar-refractivity contribution in [2.24, 2.45) is 11.7 Å². The lowest BCUT2D eigenvalue weighted by atomic mass is 9.89. The molecule has 0 saturated heterocycles. The van der Waals surface area contributed by atoms with E-state index in [1.54, 1.807) is 0 Å². The van der Waals surface area contributed by atoms with Gasteiger partial charge in [-0.2, -0.15) is 13.2 Å². The fourth-order valence-electron chi connectivity index (χ4n) is 2.01. The molecule has 3 N–H and O–H groups in total. The summed E-state index contributed by atoms with van der Waals surface area (Å²) in [6.07, 6.45) is -2.29. The molecule has 6 heteroatoms. The quantitative estimate of drug-likeness (QED) is 0.873. The van der Waals surface area contributed by atoms with Crippen molar-refractivity contribution < 1.29 is 18.0 Å². The lowest BCUT2D eigenvalue weighted by Crippen LogP contribution is -2.51. The van der Waals surface area contributed by atoms with E-state index in [-0.39, 0.29) is 5.56 Å². The summed E-state index contributed by atoms with van der Waals surface area (Å²) in [6, 6.07) is 4.73. The Balaban J connectivity index is 2.30. The first-order valence-electron chi connectivity index (χ1n) is 6.46. The third-order valence-electron chi connectivity index (χ3n) is 3.70. The first kappa shape index (κ1) is 14.8. The molecule has 1 unspecified atom stereocenters. The van der Waals surface area contributed by atoms with Gasteiger partial charge in [-0.25, -0.2) is 0 Å². The van der Waals surface area contributed by atoms with Crippen molar-refractivity contribution in [2.45, 2.75) is 31.5 Å². The molecule has 2 rings (SSSR count). The molecule has 20 heavy (non-hydrogen) atoms. The molecule has 1 aliphatic rings. The lowest BCUT2D eigenvalue weighted by Gasteiger charge is -2.29. The van der Waals surface area contributed by atoms with Gasteiger partial charge in [0, 0.05) is 0 Å². The van der Waals surface area contributed by atoms with Gasteiger partial charge in [0.05, 0.1) is 5.56 Å². The van der Waals surface area contributed by atoms with Crippen LogP contribution in [0.25, 0.3) is 0 Å². The highest BCUT2D eigenvalue weighted by atomic mass is 19.4. The van der Waals surface area contributed by atoms with E-state index in [0.717, 1.165) is 25.0 Å². The maximum absolute atomic E-state index is 12.7. The van der Waals surface area contributed by atoms with Crippen LogP contribution >= 0.6 is 0 Å². The smallest absolute Gasteiger partial charge is 0.368 e. The van der Waals surface area contributed by atoms with E-state index in [4.69, 9.17) is 5.73 Å². The highest BCUT2D eigenvalue weighted by Gasteiger charge is 2.37. The van der Waals surface area contributed by atoms with Gasteiger partial charge in [0.25, 0.3) is 0 Å². The Hall–Kier alpha value is -1.56. The summed E-state index contributed by atoms with van der Waals surface area (Å²) in [7, 11) is 0. The number of hydrogen-bond donors (Lipinski definition) is 2. The van der Waals surface area contributed by atoms with Gasteiger partial charge >= 0.3 is 6.18 Å². The highest BCUT2D eigenvalue weighted by Crippen LogP contribution is 2.33. The van der Waals surface area contributed by atoms with Crippen LogP contribution in [0.2, 0.25) is 0 Å². The van der Waals surface area contributed by atoms with Crippen LogP contribution in [-0.4, -0.2) is 12.5 Å². The summed E-state index contributed by atoms with van der Waals surface area (Å²) in [5, 5.41) is 3.01. The molecule has 0 heterocycles. The second kappa shape index (κ2) is 5.09. The van der Waals surface area contributed by atoms with Crippen molar-refractivity contribution in [1.29, 1.82) is 0 Å². The molecule has 0 bridgehead atoms. The molecule has 0 aliphatic heterocycles. The van der Waals surface area contributed by atoms with Gasteiger partial charge in [-0.1, -0.05) is 12.1 Å². The Morgan fingerprint density at radius 1 is 1.35 bits per heavy atom. The number of carbonyl (C=O) groups is 1. The standard InChI is InChI=1S/C14H17F3N2O/c1-13(12(18)20,19-8-9-5-6-9)10-3-2-4-11(7-10)14(15,16)17/h2-4,7,9,19H,5-6,8H2,1H3,(H2,18,20). The molecule has 3 nitrogen and oxygen atoms in total. The highest BCUT2D eigenvalue weighted by molar-refractivity contribution is 5.85. The SMILES string of the molecule is CC(NCC1CC1)(C(N)=O)c1cccc(C(F)(F)F)c1. The van der Waals surface area contributed by atoms with Crippen LogP contribution in [0.4, 0.5) is 13.2 Å². The zero-order valence-corrected chi connectivity index (χ0v) is 11.1. The summed E-state index contributed by atoms with van der Waals surface area (Å²) in [4.78, 5) is 11.7. The summed E-state index contributed by atoms with van der Waals surface area (Å²) < 4.78 is 38.2. The van der Waals surface area contributed by atoms with Gasteiger partial charge in [-0.05, 0) is 49.9 Å². The number of rotatable bonds is 5. The van der Waals surface area contributed by atoms with Gasteiger partial charge in [0.1, 0.15) is 5.54 Å².